The molecular weight excluding hydrogens is 590 g/mol. The Morgan fingerprint density at radius 3 is 2.21 bits per heavy atom. The van der Waals surface area contributed by atoms with Crippen LogP contribution in [-0.4, -0.2) is 55.0 Å². The van der Waals surface area contributed by atoms with Crippen molar-refractivity contribution < 1.29 is 34.6 Å². The Morgan fingerprint density at radius 2 is 1.57 bits per heavy atom. The number of hydrogen-bond acceptors (Lipinski definition) is 8. The predicted octanol–water partition coefficient (Wildman–Crippen LogP) is 3.96. The molecule has 1 saturated heterocycles. The Kier molecular flexibility index (Phi) is 8.07. The van der Waals surface area contributed by atoms with Gasteiger partial charge in [-0.15, -0.1) is 0 Å². The van der Waals surface area contributed by atoms with Crippen molar-refractivity contribution >= 4 is 26.0 Å². The lowest BCUT2D eigenvalue weighted by Gasteiger charge is -2.35. The standard InChI is InChI=1S/C28H30F2N4O6S2/c1-17-14-20(7-9-23(17)29)41(36,37)34-12-5-4-6-26(34)27-31-25-11-13-33(19(3)35)16-22(25)28(32-27)40-42(38,39)21-8-10-24(30)18(2)15-21/h7-10,14-15,26H,4-6,11-13,16H2,1-3H3/t26-/m0/s1. The number of hydrogen-bond donors (Lipinski definition) is 0. The van der Waals surface area contributed by atoms with Crippen LogP contribution in [0.4, 0.5) is 8.78 Å². The summed E-state index contributed by atoms with van der Waals surface area (Å²) in [6.45, 7) is 4.77. The number of sulfonamides is 1. The molecular formula is C28H30F2N4O6S2. The van der Waals surface area contributed by atoms with Crippen LogP contribution in [0.25, 0.3) is 0 Å². The molecule has 224 valence electrons. The van der Waals surface area contributed by atoms with Gasteiger partial charge in [-0.2, -0.15) is 17.7 Å². The van der Waals surface area contributed by atoms with Crippen molar-refractivity contribution in [3.8, 4) is 5.88 Å². The molecule has 5 rings (SSSR count). The van der Waals surface area contributed by atoms with Gasteiger partial charge in [0, 0.05) is 26.4 Å². The highest BCUT2D eigenvalue weighted by molar-refractivity contribution is 7.89. The maximum Gasteiger partial charge on any atom is 0.340 e. The summed E-state index contributed by atoms with van der Waals surface area (Å²) in [5, 5.41) is 0. The summed E-state index contributed by atoms with van der Waals surface area (Å²) >= 11 is 0. The summed E-state index contributed by atoms with van der Waals surface area (Å²) in [6, 6.07) is 5.97. The summed E-state index contributed by atoms with van der Waals surface area (Å²) in [5.74, 6) is -1.59. The second kappa shape index (κ2) is 11.3. The number of carbonyl (C=O) groups excluding carboxylic acids is 1. The van der Waals surface area contributed by atoms with E-state index in [-0.39, 0.29) is 58.0 Å². The first-order valence-electron chi connectivity index (χ1n) is 13.4. The Labute approximate surface area is 243 Å². The Balaban J connectivity index is 1.60. The zero-order valence-corrected chi connectivity index (χ0v) is 24.9. The van der Waals surface area contributed by atoms with Gasteiger partial charge in [-0.3, -0.25) is 4.79 Å². The molecule has 0 unspecified atom stereocenters. The number of fused-ring (bicyclic) bond motifs is 1. The minimum atomic E-state index is -4.49. The highest BCUT2D eigenvalue weighted by atomic mass is 32.2. The van der Waals surface area contributed by atoms with E-state index in [1.165, 1.54) is 42.1 Å². The lowest BCUT2D eigenvalue weighted by molar-refractivity contribution is -0.129. The highest BCUT2D eigenvalue weighted by Gasteiger charge is 2.38. The fraction of sp³-hybridized carbons (Fsp3) is 0.393. The van der Waals surface area contributed by atoms with Crippen molar-refractivity contribution in [3.05, 3.63) is 76.2 Å². The van der Waals surface area contributed by atoms with Gasteiger partial charge >= 0.3 is 10.1 Å². The molecule has 0 spiro atoms. The van der Waals surface area contributed by atoms with Gasteiger partial charge in [0.05, 0.1) is 28.7 Å². The van der Waals surface area contributed by atoms with Crippen molar-refractivity contribution in [1.29, 1.82) is 0 Å². The van der Waals surface area contributed by atoms with Gasteiger partial charge < -0.3 is 9.08 Å². The van der Waals surface area contributed by atoms with Gasteiger partial charge in [-0.1, -0.05) is 6.42 Å². The first-order chi connectivity index (χ1) is 19.8. The van der Waals surface area contributed by atoms with Crippen LogP contribution >= 0.6 is 0 Å². The van der Waals surface area contributed by atoms with E-state index in [1.54, 1.807) is 0 Å². The van der Waals surface area contributed by atoms with Crippen LogP contribution in [0, 0.1) is 25.5 Å². The number of rotatable bonds is 6. The maximum absolute atomic E-state index is 13.9. The first-order valence-corrected chi connectivity index (χ1v) is 16.3. The van der Waals surface area contributed by atoms with Crippen molar-refractivity contribution in [2.45, 2.75) is 68.8 Å². The fourth-order valence-corrected chi connectivity index (χ4v) is 7.92. The Hall–Kier alpha value is -3.49. The molecule has 42 heavy (non-hydrogen) atoms. The van der Waals surface area contributed by atoms with E-state index in [0.717, 1.165) is 24.3 Å². The van der Waals surface area contributed by atoms with E-state index in [4.69, 9.17) is 4.18 Å². The number of carbonyl (C=O) groups is 1. The van der Waals surface area contributed by atoms with E-state index < -0.39 is 37.8 Å². The third-order valence-corrected chi connectivity index (χ3v) is 10.7. The summed E-state index contributed by atoms with van der Waals surface area (Å²) in [6.07, 6.45) is 1.88. The summed E-state index contributed by atoms with van der Waals surface area (Å²) < 4.78 is 88.6. The van der Waals surface area contributed by atoms with E-state index in [0.29, 0.717) is 37.1 Å². The van der Waals surface area contributed by atoms with E-state index in [2.05, 4.69) is 9.97 Å². The average Bonchev–Trinajstić information content (AvgIpc) is 2.95. The van der Waals surface area contributed by atoms with Crippen LogP contribution in [0.1, 0.15) is 60.4 Å². The van der Waals surface area contributed by atoms with Gasteiger partial charge in [0.25, 0.3) is 0 Å². The van der Waals surface area contributed by atoms with Crippen molar-refractivity contribution in [1.82, 2.24) is 19.2 Å². The van der Waals surface area contributed by atoms with Gasteiger partial charge in [0.15, 0.2) is 5.82 Å². The molecule has 1 atom stereocenters. The zero-order valence-electron chi connectivity index (χ0n) is 23.3. The lowest BCUT2D eigenvalue weighted by Crippen LogP contribution is -2.40. The second-order valence-electron chi connectivity index (χ2n) is 10.5. The van der Waals surface area contributed by atoms with Crippen LogP contribution in [0.15, 0.2) is 46.2 Å². The average molecular weight is 621 g/mol. The number of aromatic nitrogens is 2. The molecule has 2 aliphatic heterocycles. The quantitative estimate of drug-likeness (QED) is 0.379. The SMILES string of the molecule is CC(=O)N1CCc2nc([C@@H]3CCCCN3S(=O)(=O)c3ccc(F)c(C)c3)nc(OS(=O)(=O)c3ccc(F)c(C)c3)c2C1. The molecule has 0 saturated carbocycles. The Bertz CT molecular complexity index is 1780. The molecule has 1 aromatic heterocycles. The van der Waals surface area contributed by atoms with Crippen molar-refractivity contribution in [2.24, 2.45) is 0 Å². The normalized spacial score (nSPS) is 18.0. The summed E-state index contributed by atoms with van der Waals surface area (Å²) in [4.78, 5) is 22.4. The van der Waals surface area contributed by atoms with Crippen LogP contribution in [0.5, 0.6) is 5.88 Å². The molecule has 14 heteroatoms. The van der Waals surface area contributed by atoms with E-state index in [1.807, 2.05) is 0 Å². The summed E-state index contributed by atoms with van der Waals surface area (Å²) in [5.41, 5.74) is 1.02. The second-order valence-corrected chi connectivity index (χ2v) is 13.9. The van der Waals surface area contributed by atoms with Crippen LogP contribution < -0.4 is 4.18 Å². The topological polar surface area (TPSA) is 127 Å². The van der Waals surface area contributed by atoms with Crippen LogP contribution in [-0.2, 0) is 37.9 Å². The van der Waals surface area contributed by atoms with E-state index in [9.17, 15) is 30.4 Å². The largest absolute Gasteiger partial charge is 0.358 e. The smallest absolute Gasteiger partial charge is 0.340 e. The van der Waals surface area contributed by atoms with Gasteiger partial charge in [0.1, 0.15) is 16.5 Å². The zero-order chi connectivity index (χ0) is 30.4. The molecule has 0 N–H and O–H groups in total. The number of benzene rings is 2. The van der Waals surface area contributed by atoms with Crippen molar-refractivity contribution in [2.75, 3.05) is 13.1 Å². The maximum atomic E-state index is 13.9. The molecule has 0 bridgehead atoms. The predicted molar refractivity (Wildman–Crippen MR) is 147 cm³/mol. The van der Waals surface area contributed by atoms with E-state index >= 15 is 0 Å². The number of aryl methyl sites for hydroxylation is 2. The van der Waals surface area contributed by atoms with Crippen molar-refractivity contribution in [3.63, 3.8) is 0 Å². The summed E-state index contributed by atoms with van der Waals surface area (Å²) in [7, 11) is -8.59. The number of amides is 1. The third-order valence-electron chi connectivity index (χ3n) is 7.58. The fourth-order valence-electron chi connectivity index (χ4n) is 5.18. The highest BCUT2D eigenvalue weighted by Crippen LogP contribution is 2.37. The molecule has 2 aliphatic rings. The molecule has 3 heterocycles. The van der Waals surface area contributed by atoms with Gasteiger partial charge in [-0.25, -0.2) is 22.2 Å². The lowest BCUT2D eigenvalue weighted by atomic mass is 10.0. The van der Waals surface area contributed by atoms with Crippen LogP contribution in [0.2, 0.25) is 0 Å². The Morgan fingerprint density at radius 1 is 0.929 bits per heavy atom. The molecule has 1 amide bonds. The first kappa shape index (κ1) is 30.0. The molecule has 2 aromatic carbocycles. The minimum absolute atomic E-state index is 0.000217. The molecule has 0 radical (unpaired) electrons. The number of piperidine rings is 1. The molecule has 10 nitrogen and oxygen atoms in total. The number of halogens is 2. The van der Waals surface area contributed by atoms with Gasteiger partial charge in [-0.05, 0) is 74.2 Å². The van der Waals surface area contributed by atoms with Crippen LogP contribution in [0.3, 0.4) is 0 Å². The number of nitrogens with zero attached hydrogens (tertiary/aromatic N) is 4. The third kappa shape index (κ3) is 5.75. The molecule has 0 aliphatic carbocycles. The van der Waals surface area contributed by atoms with Gasteiger partial charge in [0.2, 0.25) is 21.8 Å². The molecule has 3 aromatic rings. The monoisotopic (exact) mass is 620 g/mol. The molecule has 1 fully saturated rings. The minimum Gasteiger partial charge on any atom is -0.358 e.